The zero-order valence-electron chi connectivity index (χ0n) is 21.0. The number of ether oxygens (including phenoxy) is 1. The van der Waals surface area contributed by atoms with Crippen molar-refractivity contribution in [1.82, 2.24) is 19.9 Å². The molecule has 0 bridgehead atoms. The fraction of sp³-hybridized carbons (Fsp3) is 0.250. The Kier molecular flexibility index (Phi) is 6.94. The summed E-state index contributed by atoms with van der Waals surface area (Å²) in [6, 6.07) is 10.4. The Morgan fingerprint density at radius 1 is 1.21 bits per heavy atom. The molecule has 1 saturated heterocycles. The van der Waals surface area contributed by atoms with Crippen LogP contribution in [0.4, 0.5) is 14.6 Å². The molecule has 1 fully saturated rings. The second-order valence-electron chi connectivity index (χ2n) is 9.23. The summed E-state index contributed by atoms with van der Waals surface area (Å²) in [5.74, 6) is -1.16. The lowest BCUT2D eigenvalue weighted by Gasteiger charge is -2.39. The summed E-state index contributed by atoms with van der Waals surface area (Å²) in [6.45, 7) is 3.17. The van der Waals surface area contributed by atoms with E-state index in [1.807, 2.05) is 30.0 Å². The highest BCUT2D eigenvalue weighted by molar-refractivity contribution is 5.96. The molecule has 3 aromatic heterocycles. The molecule has 1 amide bonds. The third-order valence-corrected chi connectivity index (χ3v) is 6.82. The minimum Gasteiger partial charge on any atom is -0.492 e. The van der Waals surface area contributed by atoms with Crippen molar-refractivity contribution in [3.8, 4) is 22.9 Å². The molecule has 11 heteroatoms. The second-order valence-corrected chi connectivity index (χ2v) is 9.23. The molecule has 5 rings (SSSR count). The third-order valence-electron chi connectivity index (χ3n) is 6.82. The summed E-state index contributed by atoms with van der Waals surface area (Å²) in [6.07, 6.45) is 6.11. The van der Waals surface area contributed by atoms with Crippen LogP contribution in [-0.2, 0) is 4.79 Å². The van der Waals surface area contributed by atoms with Crippen LogP contribution >= 0.6 is 0 Å². The van der Waals surface area contributed by atoms with E-state index in [1.165, 1.54) is 6.20 Å². The lowest BCUT2D eigenvalue weighted by atomic mass is 9.88. The third kappa shape index (κ3) is 5.01. The van der Waals surface area contributed by atoms with Crippen LogP contribution in [0, 0.1) is 23.0 Å². The van der Waals surface area contributed by atoms with Gasteiger partial charge in [-0.2, -0.15) is 10.4 Å². The number of fused-ring (bicyclic) bond motifs is 1. The van der Waals surface area contributed by atoms with Crippen LogP contribution in [0.1, 0.15) is 35.7 Å². The topological polar surface area (TPSA) is 113 Å². The number of halogens is 2. The molecule has 1 aromatic carbocycles. The van der Waals surface area contributed by atoms with Crippen molar-refractivity contribution >= 4 is 23.5 Å². The molecule has 9 nitrogen and oxygen atoms in total. The Labute approximate surface area is 222 Å². The van der Waals surface area contributed by atoms with Crippen molar-refractivity contribution in [2.24, 2.45) is 0 Å². The fourth-order valence-corrected chi connectivity index (χ4v) is 4.75. The lowest BCUT2D eigenvalue weighted by molar-refractivity contribution is -0.113. The summed E-state index contributed by atoms with van der Waals surface area (Å²) in [7, 11) is 0. The summed E-state index contributed by atoms with van der Waals surface area (Å²) in [4.78, 5) is 31.2. The average Bonchev–Trinajstić information content (AvgIpc) is 3.37. The summed E-state index contributed by atoms with van der Waals surface area (Å²) in [5.41, 5.74) is 0.947. The van der Waals surface area contributed by atoms with Gasteiger partial charge in [0.2, 0.25) is 0 Å². The van der Waals surface area contributed by atoms with Crippen molar-refractivity contribution < 1.29 is 23.1 Å². The molecule has 198 valence electrons. The molecule has 1 N–H and O–H groups in total. The highest BCUT2D eigenvalue weighted by atomic mass is 19.1. The maximum atomic E-state index is 14.1. The van der Waals surface area contributed by atoms with Crippen molar-refractivity contribution in [2.75, 3.05) is 24.6 Å². The second kappa shape index (κ2) is 10.5. The largest absolute Gasteiger partial charge is 0.492 e. The first-order valence-electron chi connectivity index (χ1n) is 12.4. The van der Waals surface area contributed by atoms with Gasteiger partial charge in [-0.25, -0.2) is 18.3 Å². The molecule has 1 aliphatic rings. The normalized spacial score (nSPS) is 14.6. The summed E-state index contributed by atoms with van der Waals surface area (Å²) < 4.78 is 34.9. The maximum absolute atomic E-state index is 14.1. The predicted octanol–water partition coefficient (Wildman–Crippen LogP) is 3.91. The number of carbonyl (C=O) groups excluding carboxylic acids is 2. The summed E-state index contributed by atoms with van der Waals surface area (Å²) >= 11 is 0. The maximum Gasteiger partial charge on any atom is 0.255 e. The molecule has 4 heterocycles. The van der Waals surface area contributed by atoms with Crippen LogP contribution in [-0.4, -0.2) is 52.0 Å². The first kappa shape index (κ1) is 25.8. The number of aldehydes is 1. The first-order valence-corrected chi connectivity index (χ1v) is 12.4. The highest BCUT2D eigenvalue weighted by Gasteiger charge is 2.37. The van der Waals surface area contributed by atoms with Gasteiger partial charge in [0.25, 0.3) is 5.91 Å². The number of aromatic nitrogens is 3. The molecular formula is C28H24F2N6O3. The molecule has 1 aliphatic heterocycles. The fourth-order valence-electron chi connectivity index (χ4n) is 4.75. The molecule has 0 saturated carbocycles. The number of amides is 1. The van der Waals surface area contributed by atoms with Gasteiger partial charge in [0.15, 0.2) is 0 Å². The van der Waals surface area contributed by atoms with Gasteiger partial charge < -0.3 is 19.7 Å². The van der Waals surface area contributed by atoms with Crippen LogP contribution < -0.4 is 15.0 Å². The average molecular weight is 531 g/mol. The quantitative estimate of drug-likeness (QED) is 0.361. The van der Waals surface area contributed by atoms with Gasteiger partial charge in [0, 0.05) is 30.4 Å². The van der Waals surface area contributed by atoms with Gasteiger partial charge in [0.1, 0.15) is 35.6 Å². The lowest BCUT2D eigenvalue weighted by Crippen LogP contribution is -2.56. The van der Waals surface area contributed by atoms with Crippen molar-refractivity contribution in [1.29, 1.82) is 5.26 Å². The van der Waals surface area contributed by atoms with Gasteiger partial charge >= 0.3 is 0 Å². The number of rotatable bonds is 7. The van der Waals surface area contributed by atoms with Gasteiger partial charge in [-0.3, -0.25) is 4.79 Å². The molecular weight excluding hydrogens is 506 g/mol. The monoisotopic (exact) mass is 530 g/mol. The standard InChI is InChI=1S/C28H24F2N6O3/c1-2-39-21-12-22(26-19(13-31)15-33-36(26)16-21)18-3-6-25(32-14-18)35-9-7-28(17-37,8-10-35)34-27(38)23-11-20(29)4-5-24(23)30/h3-6,11-12,14-17H,2,7-10H2,1H3,(H,34,38). The van der Waals surface area contributed by atoms with Gasteiger partial charge in [-0.05, 0) is 56.2 Å². The Morgan fingerprint density at radius 3 is 2.67 bits per heavy atom. The number of hydrogen-bond acceptors (Lipinski definition) is 7. The minimum absolute atomic E-state index is 0.265. The molecule has 0 unspecified atom stereocenters. The number of carbonyl (C=O) groups is 2. The van der Waals surface area contributed by atoms with Crippen molar-refractivity contribution in [3.05, 3.63) is 77.8 Å². The number of nitrogens with zero attached hydrogens (tertiary/aromatic N) is 5. The van der Waals surface area contributed by atoms with E-state index in [2.05, 4.69) is 21.5 Å². The number of pyridine rings is 2. The van der Waals surface area contributed by atoms with Gasteiger partial charge in [-0.15, -0.1) is 0 Å². The molecule has 0 radical (unpaired) electrons. The number of anilines is 1. The number of piperidine rings is 1. The Bertz CT molecular complexity index is 1590. The van der Waals surface area contributed by atoms with Crippen LogP contribution in [0.2, 0.25) is 0 Å². The number of hydrogen-bond donors (Lipinski definition) is 1. The van der Waals surface area contributed by atoms with E-state index in [9.17, 15) is 23.6 Å². The first-order chi connectivity index (χ1) is 18.9. The van der Waals surface area contributed by atoms with E-state index in [0.717, 1.165) is 29.3 Å². The van der Waals surface area contributed by atoms with Crippen molar-refractivity contribution in [2.45, 2.75) is 25.3 Å². The van der Waals surface area contributed by atoms with Crippen LogP contribution in [0.25, 0.3) is 16.6 Å². The molecule has 0 atom stereocenters. The zero-order valence-corrected chi connectivity index (χ0v) is 21.0. The SMILES string of the molecule is CCOc1cc(-c2ccc(N3CCC(C=O)(NC(=O)c4cc(F)ccc4F)CC3)nc2)c2c(C#N)cnn2c1. The Balaban J connectivity index is 1.33. The molecule has 39 heavy (non-hydrogen) atoms. The highest BCUT2D eigenvalue weighted by Crippen LogP contribution is 2.32. The van der Waals surface area contributed by atoms with E-state index >= 15 is 0 Å². The van der Waals surface area contributed by atoms with E-state index in [4.69, 9.17) is 4.74 Å². The Hall–Kier alpha value is -4.85. The van der Waals surface area contributed by atoms with Crippen LogP contribution in [0.3, 0.4) is 0 Å². The van der Waals surface area contributed by atoms with E-state index in [1.54, 1.807) is 16.9 Å². The van der Waals surface area contributed by atoms with Crippen molar-refractivity contribution in [3.63, 3.8) is 0 Å². The van der Waals surface area contributed by atoms with E-state index < -0.39 is 28.6 Å². The van der Waals surface area contributed by atoms with Gasteiger partial charge in [-0.1, -0.05) is 0 Å². The number of benzene rings is 1. The molecule has 0 spiro atoms. The van der Waals surface area contributed by atoms with E-state index in [-0.39, 0.29) is 12.8 Å². The molecule has 4 aromatic rings. The van der Waals surface area contributed by atoms with Crippen LogP contribution in [0.15, 0.2) is 55.0 Å². The number of nitriles is 1. The van der Waals surface area contributed by atoms with Crippen LogP contribution in [0.5, 0.6) is 5.75 Å². The zero-order chi connectivity index (χ0) is 27.6. The minimum atomic E-state index is -1.20. The smallest absolute Gasteiger partial charge is 0.255 e. The predicted molar refractivity (Wildman–Crippen MR) is 138 cm³/mol. The van der Waals surface area contributed by atoms with Gasteiger partial charge in [0.05, 0.1) is 41.2 Å². The summed E-state index contributed by atoms with van der Waals surface area (Å²) in [5, 5.41) is 16.4. The van der Waals surface area contributed by atoms with E-state index in [0.29, 0.717) is 48.6 Å². The molecule has 0 aliphatic carbocycles. The Morgan fingerprint density at radius 2 is 2.00 bits per heavy atom. The number of nitrogens with one attached hydrogen (secondary N) is 1.